The summed E-state index contributed by atoms with van der Waals surface area (Å²) in [5, 5.41) is 6.60. The predicted molar refractivity (Wildman–Crippen MR) is 87.2 cm³/mol. The van der Waals surface area contributed by atoms with Crippen molar-refractivity contribution in [2.45, 2.75) is 40.2 Å². The second-order valence-corrected chi connectivity index (χ2v) is 5.98. The van der Waals surface area contributed by atoms with E-state index in [1.54, 1.807) is 11.3 Å². The molecule has 0 aliphatic carbocycles. The Morgan fingerprint density at radius 2 is 2.14 bits per heavy atom. The quantitative estimate of drug-likeness (QED) is 0.759. The zero-order valence-electron chi connectivity index (χ0n) is 13.2. The first-order valence-electron chi connectivity index (χ1n) is 7.41. The van der Waals surface area contributed by atoms with Crippen molar-refractivity contribution in [3.05, 3.63) is 28.0 Å². The zero-order chi connectivity index (χ0) is 15.2. The number of aryl methyl sites for hydroxylation is 2. The molecule has 0 aliphatic rings. The summed E-state index contributed by atoms with van der Waals surface area (Å²) in [5.41, 5.74) is 2.09. The van der Waals surface area contributed by atoms with Gasteiger partial charge in [0.25, 0.3) is 0 Å². The highest BCUT2D eigenvalue weighted by Gasteiger charge is 2.16. The monoisotopic (exact) mass is 308 g/mol. The summed E-state index contributed by atoms with van der Waals surface area (Å²) in [5.74, 6) is 0.907. The lowest BCUT2D eigenvalue weighted by Gasteiger charge is -2.15. The van der Waals surface area contributed by atoms with Gasteiger partial charge in [-0.1, -0.05) is 0 Å². The van der Waals surface area contributed by atoms with Gasteiger partial charge in [-0.05, 0) is 34.1 Å². The molecule has 5 nitrogen and oxygen atoms in total. The summed E-state index contributed by atoms with van der Waals surface area (Å²) in [6.45, 7) is 10.6. The van der Waals surface area contributed by atoms with Crippen LogP contribution in [0.5, 0.6) is 0 Å². The van der Waals surface area contributed by atoms with Gasteiger partial charge in [0.1, 0.15) is 5.01 Å². The lowest BCUT2D eigenvalue weighted by Crippen LogP contribution is -2.13. The largest absolute Gasteiger partial charge is 0.382 e. The van der Waals surface area contributed by atoms with Gasteiger partial charge in [0.05, 0.1) is 11.7 Å². The molecule has 1 atom stereocenters. The van der Waals surface area contributed by atoms with Gasteiger partial charge in [0, 0.05) is 37.0 Å². The van der Waals surface area contributed by atoms with E-state index in [2.05, 4.69) is 38.4 Å². The molecule has 2 aromatic heterocycles. The van der Waals surface area contributed by atoms with E-state index in [4.69, 9.17) is 4.74 Å². The Labute approximate surface area is 130 Å². The van der Waals surface area contributed by atoms with Crippen LogP contribution in [0.25, 0.3) is 0 Å². The Morgan fingerprint density at radius 1 is 1.33 bits per heavy atom. The molecule has 0 saturated heterocycles. The lowest BCUT2D eigenvalue weighted by atomic mass is 10.3. The molecular weight excluding hydrogens is 284 g/mol. The predicted octanol–water partition coefficient (Wildman–Crippen LogP) is 3.40. The maximum atomic E-state index is 5.35. The average molecular weight is 308 g/mol. The SMILES string of the molecule is CCOCCCNc1nc(C)cn1C(C)c1nc(C)cs1. The summed E-state index contributed by atoms with van der Waals surface area (Å²) in [6, 6.07) is 0.194. The van der Waals surface area contributed by atoms with E-state index >= 15 is 0 Å². The van der Waals surface area contributed by atoms with E-state index in [-0.39, 0.29) is 6.04 Å². The van der Waals surface area contributed by atoms with Crippen LogP contribution in [-0.2, 0) is 4.74 Å². The molecule has 0 amide bonds. The molecule has 2 heterocycles. The van der Waals surface area contributed by atoms with Gasteiger partial charge in [0.2, 0.25) is 5.95 Å². The first-order chi connectivity index (χ1) is 10.1. The summed E-state index contributed by atoms with van der Waals surface area (Å²) >= 11 is 1.70. The van der Waals surface area contributed by atoms with E-state index in [0.29, 0.717) is 0 Å². The molecule has 0 saturated carbocycles. The third kappa shape index (κ3) is 4.28. The summed E-state index contributed by atoms with van der Waals surface area (Å²) < 4.78 is 7.51. The average Bonchev–Trinajstić information content (AvgIpc) is 3.04. The molecular formula is C15H24N4OS. The van der Waals surface area contributed by atoms with Crippen LogP contribution in [0.3, 0.4) is 0 Å². The zero-order valence-corrected chi connectivity index (χ0v) is 14.0. The highest BCUT2D eigenvalue weighted by Crippen LogP contribution is 2.25. The van der Waals surface area contributed by atoms with Gasteiger partial charge < -0.3 is 14.6 Å². The fourth-order valence-corrected chi connectivity index (χ4v) is 3.00. The topological polar surface area (TPSA) is 52.0 Å². The highest BCUT2D eigenvalue weighted by molar-refractivity contribution is 7.09. The Morgan fingerprint density at radius 3 is 2.81 bits per heavy atom. The molecule has 1 N–H and O–H groups in total. The number of hydrogen-bond donors (Lipinski definition) is 1. The lowest BCUT2D eigenvalue weighted by molar-refractivity contribution is 0.147. The van der Waals surface area contributed by atoms with Crippen LogP contribution in [0, 0.1) is 13.8 Å². The van der Waals surface area contributed by atoms with Crippen LogP contribution < -0.4 is 5.32 Å². The van der Waals surface area contributed by atoms with Crippen molar-refractivity contribution in [3.63, 3.8) is 0 Å². The first-order valence-corrected chi connectivity index (χ1v) is 8.29. The van der Waals surface area contributed by atoms with Gasteiger partial charge in [-0.3, -0.25) is 0 Å². The Kier molecular flexibility index (Phi) is 5.76. The van der Waals surface area contributed by atoms with E-state index < -0.39 is 0 Å². The number of hydrogen-bond acceptors (Lipinski definition) is 5. The molecule has 0 bridgehead atoms. The molecule has 21 heavy (non-hydrogen) atoms. The first kappa shape index (κ1) is 16.0. The van der Waals surface area contributed by atoms with Crippen molar-refractivity contribution in [2.75, 3.05) is 25.1 Å². The van der Waals surface area contributed by atoms with Gasteiger partial charge in [0.15, 0.2) is 0 Å². The van der Waals surface area contributed by atoms with Crippen LogP contribution in [-0.4, -0.2) is 34.3 Å². The van der Waals surface area contributed by atoms with Gasteiger partial charge in [-0.2, -0.15) is 0 Å². The maximum absolute atomic E-state index is 5.35. The molecule has 6 heteroatoms. The van der Waals surface area contributed by atoms with Crippen molar-refractivity contribution >= 4 is 17.3 Å². The normalized spacial score (nSPS) is 12.6. The smallest absolute Gasteiger partial charge is 0.203 e. The molecule has 2 aromatic rings. The molecule has 116 valence electrons. The van der Waals surface area contributed by atoms with E-state index in [1.165, 1.54) is 0 Å². The fourth-order valence-electron chi connectivity index (χ4n) is 2.14. The molecule has 0 radical (unpaired) electrons. The van der Waals surface area contributed by atoms with Gasteiger partial charge in [-0.25, -0.2) is 9.97 Å². The third-order valence-corrected chi connectivity index (χ3v) is 4.35. The number of rotatable bonds is 8. The fraction of sp³-hybridized carbons (Fsp3) is 0.600. The minimum Gasteiger partial charge on any atom is -0.382 e. The van der Waals surface area contributed by atoms with Crippen LogP contribution in [0.4, 0.5) is 5.95 Å². The number of imidazole rings is 1. The molecule has 0 aromatic carbocycles. The Balaban J connectivity index is 2.02. The van der Waals surface area contributed by atoms with Crippen molar-refractivity contribution in [1.29, 1.82) is 0 Å². The Bertz CT molecular complexity index is 564. The summed E-state index contributed by atoms with van der Waals surface area (Å²) in [6.07, 6.45) is 3.05. The van der Waals surface area contributed by atoms with Crippen LogP contribution >= 0.6 is 11.3 Å². The van der Waals surface area contributed by atoms with E-state index in [1.807, 2.05) is 20.8 Å². The number of thiazole rings is 1. The molecule has 1 unspecified atom stereocenters. The molecule has 2 rings (SSSR count). The van der Waals surface area contributed by atoms with Crippen molar-refractivity contribution in [2.24, 2.45) is 0 Å². The van der Waals surface area contributed by atoms with Crippen LogP contribution in [0.15, 0.2) is 11.6 Å². The van der Waals surface area contributed by atoms with Crippen molar-refractivity contribution < 1.29 is 4.74 Å². The minimum atomic E-state index is 0.194. The number of aromatic nitrogens is 3. The number of nitrogens with one attached hydrogen (secondary N) is 1. The van der Waals surface area contributed by atoms with Gasteiger partial charge in [-0.15, -0.1) is 11.3 Å². The third-order valence-electron chi connectivity index (χ3n) is 3.22. The van der Waals surface area contributed by atoms with Gasteiger partial charge >= 0.3 is 0 Å². The van der Waals surface area contributed by atoms with Crippen molar-refractivity contribution in [3.8, 4) is 0 Å². The number of nitrogens with zero attached hydrogens (tertiary/aromatic N) is 3. The molecule has 0 fully saturated rings. The second kappa shape index (κ2) is 7.56. The molecule has 0 aliphatic heterocycles. The second-order valence-electron chi connectivity index (χ2n) is 5.09. The standard InChI is InChI=1S/C15H24N4OS/c1-5-20-8-6-7-16-15-18-11(2)9-19(15)13(4)14-17-12(3)10-21-14/h9-10,13H,5-8H2,1-4H3,(H,16,18). The highest BCUT2D eigenvalue weighted by atomic mass is 32.1. The number of anilines is 1. The van der Waals surface area contributed by atoms with E-state index in [9.17, 15) is 0 Å². The van der Waals surface area contributed by atoms with Crippen molar-refractivity contribution in [1.82, 2.24) is 14.5 Å². The summed E-state index contributed by atoms with van der Waals surface area (Å²) in [4.78, 5) is 9.15. The van der Waals surface area contributed by atoms with Crippen LogP contribution in [0.1, 0.15) is 42.7 Å². The van der Waals surface area contributed by atoms with Crippen LogP contribution in [0.2, 0.25) is 0 Å². The maximum Gasteiger partial charge on any atom is 0.203 e. The minimum absolute atomic E-state index is 0.194. The Hall–Kier alpha value is -1.40. The van der Waals surface area contributed by atoms with E-state index in [0.717, 1.165) is 48.5 Å². The summed E-state index contributed by atoms with van der Waals surface area (Å²) in [7, 11) is 0. The molecule has 0 spiro atoms. The number of ether oxygens (including phenoxy) is 1.